The second-order valence-corrected chi connectivity index (χ2v) is 5.74. The zero-order valence-corrected chi connectivity index (χ0v) is 14.2. The van der Waals surface area contributed by atoms with E-state index in [-0.39, 0.29) is 23.6 Å². The Kier molecular flexibility index (Phi) is 5.13. The van der Waals surface area contributed by atoms with Gasteiger partial charge in [-0.15, -0.1) is 5.10 Å². The third kappa shape index (κ3) is 4.08. The first-order chi connectivity index (χ1) is 12.8. The van der Waals surface area contributed by atoms with Crippen LogP contribution in [0.1, 0.15) is 22.5 Å². The summed E-state index contributed by atoms with van der Waals surface area (Å²) >= 11 is 0. The van der Waals surface area contributed by atoms with Crippen molar-refractivity contribution < 1.29 is 27.4 Å². The van der Waals surface area contributed by atoms with Gasteiger partial charge in [0.25, 0.3) is 0 Å². The van der Waals surface area contributed by atoms with Crippen LogP contribution in [0.4, 0.5) is 17.6 Å². The maximum Gasteiger partial charge on any atom is 0.416 e. The van der Waals surface area contributed by atoms with E-state index in [2.05, 4.69) is 10.1 Å². The Morgan fingerprint density at radius 2 is 1.81 bits per heavy atom. The quantitative estimate of drug-likeness (QED) is 0.683. The molecular weight excluding hydrogens is 366 g/mol. The zero-order valence-electron chi connectivity index (χ0n) is 14.2. The van der Waals surface area contributed by atoms with E-state index in [1.165, 1.54) is 17.9 Å². The van der Waals surface area contributed by atoms with Crippen molar-refractivity contribution in [2.75, 3.05) is 0 Å². The van der Waals surface area contributed by atoms with Crippen molar-refractivity contribution in [1.82, 2.24) is 14.8 Å². The predicted octanol–water partition coefficient (Wildman–Crippen LogP) is 3.80. The van der Waals surface area contributed by atoms with Gasteiger partial charge in [0.15, 0.2) is 5.82 Å². The maximum absolute atomic E-state index is 13.7. The van der Waals surface area contributed by atoms with Crippen LogP contribution in [-0.4, -0.2) is 19.9 Å². The number of nitrogens with zero attached hydrogens (tertiary/aromatic N) is 3. The molecule has 0 radical (unpaired) electrons. The van der Waals surface area contributed by atoms with E-state index >= 15 is 0 Å². The van der Waals surface area contributed by atoms with E-state index in [1.54, 1.807) is 24.3 Å². The largest absolute Gasteiger partial charge is 0.489 e. The SMILES string of the molecule is Cc1c(F)ccc(C(F)(F)F)c1COc1ccc(-n2cnc(CO)n2)cc1. The first kappa shape index (κ1) is 18.8. The fourth-order valence-corrected chi connectivity index (χ4v) is 2.52. The highest BCUT2D eigenvalue weighted by Gasteiger charge is 2.34. The third-order valence-electron chi connectivity index (χ3n) is 4.00. The van der Waals surface area contributed by atoms with E-state index < -0.39 is 24.2 Å². The molecule has 0 fully saturated rings. The fraction of sp³-hybridized carbons (Fsp3) is 0.222. The Hall–Kier alpha value is -2.94. The number of rotatable bonds is 5. The number of benzene rings is 2. The van der Waals surface area contributed by atoms with Crippen LogP contribution in [0.2, 0.25) is 0 Å². The van der Waals surface area contributed by atoms with Gasteiger partial charge in [-0.25, -0.2) is 14.1 Å². The molecule has 0 saturated carbocycles. The van der Waals surface area contributed by atoms with Crippen LogP contribution in [0.3, 0.4) is 0 Å². The predicted molar refractivity (Wildman–Crippen MR) is 87.8 cm³/mol. The average molecular weight is 381 g/mol. The minimum Gasteiger partial charge on any atom is -0.489 e. The molecule has 27 heavy (non-hydrogen) atoms. The van der Waals surface area contributed by atoms with Gasteiger partial charge in [-0.2, -0.15) is 13.2 Å². The number of aliphatic hydroxyl groups excluding tert-OH is 1. The molecule has 0 unspecified atom stereocenters. The van der Waals surface area contributed by atoms with Crippen LogP contribution >= 0.6 is 0 Å². The van der Waals surface area contributed by atoms with Crippen molar-refractivity contribution in [2.24, 2.45) is 0 Å². The van der Waals surface area contributed by atoms with Gasteiger partial charge in [-0.3, -0.25) is 0 Å². The third-order valence-corrected chi connectivity index (χ3v) is 4.00. The molecule has 3 rings (SSSR count). The molecular formula is C18H15F4N3O2. The van der Waals surface area contributed by atoms with Crippen molar-refractivity contribution in [3.8, 4) is 11.4 Å². The summed E-state index contributed by atoms with van der Waals surface area (Å²) in [7, 11) is 0. The molecule has 0 aliphatic heterocycles. The highest BCUT2D eigenvalue weighted by atomic mass is 19.4. The molecule has 0 aliphatic carbocycles. The second-order valence-electron chi connectivity index (χ2n) is 5.74. The van der Waals surface area contributed by atoms with Gasteiger partial charge in [-0.05, 0) is 48.9 Å². The number of alkyl halides is 3. The summed E-state index contributed by atoms with van der Waals surface area (Å²) in [5.74, 6) is -0.141. The summed E-state index contributed by atoms with van der Waals surface area (Å²) in [5, 5.41) is 13.0. The summed E-state index contributed by atoms with van der Waals surface area (Å²) < 4.78 is 60.0. The molecule has 0 bridgehead atoms. The van der Waals surface area contributed by atoms with Crippen molar-refractivity contribution in [2.45, 2.75) is 26.3 Å². The number of hydrogen-bond acceptors (Lipinski definition) is 4. The fourth-order valence-electron chi connectivity index (χ4n) is 2.52. The summed E-state index contributed by atoms with van der Waals surface area (Å²) in [6.45, 7) is 0.578. The number of aromatic nitrogens is 3. The van der Waals surface area contributed by atoms with Crippen molar-refractivity contribution in [1.29, 1.82) is 0 Å². The Labute approximate surface area is 151 Å². The molecule has 3 aromatic rings. The van der Waals surface area contributed by atoms with Crippen molar-refractivity contribution in [3.05, 3.63) is 71.1 Å². The smallest absolute Gasteiger partial charge is 0.416 e. The lowest BCUT2D eigenvalue weighted by Gasteiger charge is -2.16. The Bertz CT molecular complexity index is 937. The Morgan fingerprint density at radius 1 is 1.11 bits per heavy atom. The topological polar surface area (TPSA) is 60.2 Å². The monoisotopic (exact) mass is 381 g/mol. The van der Waals surface area contributed by atoms with Gasteiger partial charge < -0.3 is 9.84 Å². The summed E-state index contributed by atoms with van der Waals surface area (Å²) in [6.07, 6.45) is -3.17. The van der Waals surface area contributed by atoms with Gasteiger partial charge in [-0.1, -0.05) is 0 Å². The molecule has 1 N–H and O–H groups in total. The number of halogens is 4. The van der Waals surface area contributed by atoms with E-state index in [9.17, 15) is 17.6 Å². The van der Waals surface area contributed by atoms with Gasteiger partial charge in [0.05, 0.1) is 11.3 Å². The standard InChI is InChI=1S/C18H15F4N3O2/c1-11-14(15(18(20,21)22)6-7-16(11)19)9-27-13-4-2-12(3-5-13)25-10-23-17(8-26)24-25/h2-7,10,26H,8-9H2,1H3. The molecule has 0 spiro atoms. The van der Waals surface area contributed by atoms with Crippen molar-refractivity contribution in [3.63, 3.8) is 0 Å². The van der Waals surface area contributed by atoms with Gasteiger partial charge in [0.2, 0.25) is 0 Å². The van der Waals surface area contributed by atoms with Gasteiger partial charge in [0.1, 0.15) is 31.1 Å². The number of aliphatic hydroxyl groups is 1. The van der Waals surface area contributed by atoms with E-state index in [0.717, 1.165) is 6.07 Å². The first-order valence-corrected chi connectivity index (χ1v) is 7.89. The van der Waals surface area contributed by atoms with Crippen LogP contribution in [0.5, 0.6) is 5.75 Å². The summed E-state index contributed by atoms with van der Waals surface area (Å²) in [5.41, 5.74) is -0.624. The number of hydrogen-bond donors (Lipinski definition) is 1. The minimum atomic E-state index is -4.60. The molecule has 1 aromatic heterocycles. The molecule has 0 amide bonds. The summed E-state index contributed by atoms with van der Waals surface area (Å²) in [4.78, 5) is 3.89. The zero-order chi connectivity index (χ0) is 19.6. The molecule has 0 aliphatic rings. The second kappa shape index (κ2) is 7.36. The lowest BCUT2D eigenvalue weighted by Crippen LogP contribution is -2.13. The summed E-state index contributed by atoms with van der Waals surface area (Å²) in [6, 6.07) is 7.89. The molecule has 1 heterocycles. The normalized spacial score (nSPS) is 11.6. The lowest BCUT2D eigenvalue weighted by molar-refractivity contribution is -0.138. The number of ether oxygens (including phenoxy) is 1. The molecule has 142 valence electrons. The van der Waals surface area contributed by atoms with Crippen LogP contribution in [0, 0.1) is 12.7 Å². The molecule has 9 heteroatoms. The van der Waals surface area contributed by atoms with Crippen LogP contribution in [0.25, 0.3) is 5.69 Å². The lowest BCUT2D eigenvalue weighted by atomic mass is 10.0. The van der Waals surface area contributed by atoms with E-state index in [1.807, 2.05) is 0 Å². The van der Waals surface area contributed by atoms with E-state index in [0.29, 0.717) is 17.5 Å². The highest BCUT2D eigenvalue weighted by Crippen LogP contribution is 2.34. The van der Waals surface area contributed by atoms with Crippen LogP contribution in [0.15, 0.2) is 42.7 Å². The van der Waals surface area contributed by atoms with Crippen LogP contribution < -0.4 is 4.74 Å². The van der Waals surface area contributed by atoms with E-state index in [4.69, 9.17) is 9.84 Å². The first-order valence-electron chi connectivity index (χ1n) is 7.89. The maximum atomic E-state index is 13.7. The molecule has 0 saturated heterocycles. The Morgan fingerprint density at radius 3 is 2.41 bits per heavy atom. The van der Waals surface area contributed by atoms with Crippen LogP contribution in [-0.2, 0) is 19.4 Å². The highest BCUT2D eigenvalue weighted by molar-refractivity contribution is 5.39. The Balaban J connectivity index is 1.78. The molecule has 5 nitrogen and oxygen atoms in total. The van der Waals surface area contributed by atoms with Crippen molar-refractivity contribution >= 4 is 0 Å². The minimum absolute atomic E-state index is 0.0967. The van der Waals surface area contributed by atoms with Gasteiger partial charge >= 0.3 is 6.18 Å². The van der Waals surface area contributed by atoms with Gasteiger partial charge in [0, 0.05) is 5.56 Å². The molecule has 0 atom stereocenters. The average Bonchev–Trinajstić information content (AvgIpc) is 3.11. The molecule has 2 aromatic carbocycles.